The van der Waals surface area contributed by atoms with E-state index in [0.29, 0.717) is 23.9 Å². The van der Waals surface area contributed by atoms with Crippen LogP contribution in [-0.2, 0) is 29.1 Å². The number of pyridine rings is 1. The average molecular weight is 480 g/mol. The minimum atomic E-state index is -2.39. The molecule has 1 heterocycles. The molecular weight excluding hydrogens is 458 g/mol. The van der Waals surface area contributed by atoms with Crippen LogP contribution >= 0.6 is 24.8 Å². The molecule has 1 atom stereocenters. The molecule has 4 N–H and O–H groups in total. The van der Waals surface area contributed by atoms with Gasteiger partial charge in [-0.25, -0.2) is 13.5 Å². The van der Waals surface area contributed by atoms with Gasteiger partial charge < -0.3 is 20.3 Å². The van der Waals surface area contributed by atoms with E-state index >= 15 is 0 Å². The summed E-state index contributed by atoms with van der Waals surface area (Å²) < 4.78 is 52.1. The van der Waals surface area contributed by atoms with Crippen LogP contribution in [0, 0.1) is 11.6 Å². The number of thiocarbonyl (C=S) groups is 1. The third-order valence-corrected chi connectivity index (χ3v) is 3.46. The summed E-state index contributed by atoms with van der Waals surface area (Å²) in [6.45, 7) is 3.11. The maximum atomic E-state index is 12.5. The molecule has 1 amide bonds. The highest BCUT2D eigenvalue weighted by Crippen LogP contribution is 2.08. The number of nitrogens with one attached hydrogen (secondary N) is 2. The van der Waals surface area contributed by atoms with Gasteiger partial charge in [0.25, 0.3) is 10.4 Å². The number of nitrogens with zero attached hydrogens (tertiary/aromatic N) is 1. The van der Waals surface area contributed by atoms with E-state index in [1.54, 1.807) is 12.4 Å². The van der Waals surface area contributed by atoms with Gasteiger partial charge in [0.15, 0.2) is 11.6 Å². The summed E-state index contributed by atoms with van der Waals surface area (Å²) in [5.41, 5.74) is 5.79. The van der Waals surface area contributed by atoms with Crippen LogP contribution in [0.2, 0.25) is 0 Å². The van der Waals surface area contributed by atoms with Crippen molar-refractivity contribution in [2.75, 3.05) is 6.61 Å². The van der Waals surface area contributed by atoms with Crippen LogP contribution in [0.5, 0.6) is 0 Å². The summed E-state index contributed by atoms with van der Waals surface area (Å²) in [6, 6.07) is 7.06. The fourth-order valence-electron chi connectivity index (χ4n) is 1.65. The van der Waals surface area contributed by atoms with Crippen molar-refractivity contribution < 1.29 is 27.1 Å². The first-order valence-corrected chi connectivity index (χ1v) is 10.1. The normalized spacial score (nSPS) is 10.4. The molecule has 0 aliphatic rings. The molecule has 0 fully saturated rings. The van der Waals surface area contributed by atoms with Crippen molar-refractivity contribution in [3.8, 4) is 0 Å². The Morgan fingerprint density at radius 1 is 1.30 bits per heavy atom. The summed E-state index contributed by atoms with van der Waals surface area (Å²) in [5, 5.41) is 2.77. The van der Waals surface area contributed by atoms with Crippen molar-refractivity contribution in [1.29, 1.82) is 0 Å². The summed E-state index contributed by atoms with van der Waals surface area (Å²) in [7, 11) is 0. The van der Waals surface area contributed by atoms with Crippen LogP contribution in [0.25, 0.3) is 0 Å². The molecule has 0 bridgehead atoms. The van der Waals surface area contributed by atoms with Crippen molar-refractivity contribution in [2.45, 2.75) is 20.0 Å². The molecule has 2 aromatic rings. The molecule has 1 unspecified atom stereocenters. The lowest BCUT2D eigenvalue weighted by Gasteiger charge is -2.06. The maximum absolute atomic E-state index is 12.5. The van der Waals surface area contributed by atoms with Crippen LogP contribution in [-0.4, -0.2) is 30.8 Å². The number of halogens is 2. The van der Waals surface area contributed by atoms with Crippen molar-refractivity contribution >= 4 is 46.5 Å². The molecule has 2 rings (SSSR count). The molecular formula is C17H21F2N4O4S3-. The molecule has 8 nitrogen and oxygen atoms in total. The third-order valence-electron chi connectivity index (χ3n) is 2.81. The van der Waals surface area contributed by atoms with Gasteiger partial charge in [0.2, 0.25) is 0 Å². The fraction of sp³-hybridized carbons (Fsp3) is 0.235. The lowest BCUT2D eigenvalue weighted by Crippen LogP contribution is -2.23. The average Bonchev–Trinajstić information content (AvgIpc) is 2.68. The number of thiol groups is 1. The Kier molecular flexibility index (Phi) is 15.4. The number of hydrogen-bond acceptors (Lipinski definition) is 6. The lowest BCUT2D eigenvalue weighted by atomic mass is 10.2. The zero-order chi connectivity index (χ0) is 22.9. The second kappa shape index (κ2) is 16.6. The Labute approximate surface area is 186 Å². The van der Waals surface area contributed by atoms with E-state index in [9.17, 15) is 17.5 Å². The highest BCUT2D eigenvalue weighted by Gasteiger charge is 2.01. The summed E-state index contributed by atoms with van der Waals surface area (Å²) in [4.78, 5) is 13.1. The molecule has 0 saturated carbocycles. The second-order valence-corrected chi connectivity index (χ2v) is 6.65. The molecule has 0 spiro atoms. The minimum Gasteiger partial charge on any atom is -0.760 e. The maximum Gasteiger partial charge on any atom is 0.273 e. The number of aromatic nitrogens is 1. The van der Waals surface area contributed by atoms with Gasteiger partial charge in [0.1, 0.15) is 0 Å². The standard InChI is InChI=1S/C9H12N2OS.C7H7F2NO2S.CH3NOS/c1-2-12-9(13)11-7-8-4-3-5-10-6-8;8-6-2-1-5(3-7(6)9)4-10-13(11)12;2-1(3)4/h3-6H,2,7H2,1H3,(H,11,13);1-3,10H,4H2,(H,11,12);(H3,2,3,4)/p-1. The van der Waals surface area contributed by atoms with Gasteiger partial charge in [-0.2, -0.15) is 0 Å². The number of rotatable bonds is 6. The summed E-state index contributed by atoms with van der Waals surface area (Å²) >= 11 is 5.61. The van der Waals surface area contributed by atoms with Crippen molar-refractivity contribution in [3.05, 3.63) is 65.5 Å². The first-order chi connectivity index (χ1) is 14.1. The Bertz CT molecular complexity index is 813. The van der Waals surface area contributed by atoms with Gasteiger partial charge in [-0.05, 0) is 48.5 Å². The Morgan fingerprint density at radius 2 is 1.97 bits per heavy atom. The first-order valence-electron chi connectivity index (χ1n) is 8.20. The SMILES string of the molecule is CCOC(=S)NCc1cccnc1.NC(=O)S.O=S([O-])NCc1ccc(F)c(F)c1. The second-order valence-electron chi connectivity index (χ2n) is 5.08. The smallest absolute Gasteiger partial charge is 0.273 e. The van der Waals surface area contributed by atoms with Crippen LogP contribution in [0.15, 0.2) is 42.7 Å². The molecule has 1 aromatic heterocycles. The first kappa shape index (κ1) is 27.8. The number of hydrogen-bond donors (Lipinski definition) is 4. The van der Waals surface area contributed by atoms with Gasteiger partial charge in [-0.1, -0.05) is 24.8 Å². The molecule has 30 heavy (non-hydrogen) atoms. The zero-order valence-corrected chi connectivity index (χ0v) is 18.4. The van der Waals surface area contributed by atoms with E-state index in [2.05, 4.69) is 28.7 Å². The minimum absolute atomic E-state index is 0.0483. The highest BCUT2D eigenvalue weighted by molar-refractivity contribution is 7.96. The van der Waals surface area contributed by atoms with Crippen molar-refractivity contribution in [3.63, 3.8) is 0 Å². The predicted molar refractivity (Wildman–Crippen MR) is 116 cm³/mol. The molecule has 166 valence electrons. The van der Waals surface area contributed by atoms with Crippen molar-refractivity contribution in [2.24, 2.45) is 5.73 Å². The predicted octanol–water partition coefficient (Wildman–Crippen LogP) is 2.34. The van der Waals surface area contributed by atoms with Gasteiger partial charge >= 0.3 is 0 Å². The number of carbonyl (C=O) groups is 1. The van der Waals surface area contributed by atoms with E-state index < -0.39 is 28.1 Å². The van der Waals surface area contributed by atoms with E-state index in [4.69, 9.17) is 21.7 Å². The quantitative estimate of drug-likeness (QED) is 0.284. The monoisotopic (exact) mass is 479 g/mol. The molecule has 13 heteroatoms. The molecule has 1 aromatic carbocycles. The van der Waals surface area contributed by atoms with E-state index in [-0.39, 0.29) is 6.54 Å². The number of primary amides is 1. The lowest BCUT2D eigenvalue weighted by molar-refractivity contribution is 0.267. The molecule has 0 aliphatic heterocycles. The molecule has 0 radical (unpaired) electrons. The van der Waals surface area contributed by atoms with Crippen LogP contribution in [0.3, 0.4) is 0 Å². The van der Waals surface area contributed by atoms with E-state index in [1.165, 1.54) is 6.07 Å². The number of ether oxygens (including phenoxy) is 1. The fourth-order valence-corrected chi connectivity index (χ4v) is 2.13. The largest absolute Gasteiger partial charge is 0.760 e. The third kappa shape index (κ3) is 15.7. The topological polar surface area (TPSA) is 129 Å². The van der Waals surface area contributed by atoms with Gasteiger partial charge in [-0.3, -0.25) is 14.0 Å². The van der Waals surface area contributed by atoms with Crippen molar-refractivity contribution in [1.82, 2.24) is 15.0 Å². The molecule has 0 saturated heterocycles. The molecule has 0 aliphatic carbocycles. The summed E-state index contributed by atoms with van der Waals surface area (Å²) in [5.74, 6) is -1.94. The Morgan fingerprint density at radius 3 is 2.47 bits per heavy atom. The number of benzene rings is 1. The number of carbonyl (C=O) groups excluding carboxylic acids is 1. The van der Waals surface area contributed by atoms with Crippen LogP contribution in [0.4, 0.5) is 13.6 Å². The zero-order valence-electron chi connectivity index (χ0n) is 15.8. The number of amides is 1. The van der Waals surface area contributed by atoms with Crippen LogP contribution < -0.4 is 15.8 Å². The van der Waals surface area contributed by atoms with Gasteiger partial charge in [-0.15, -0.1) is 0 Å². The van der Waals surface area contributed by atoms with E-state index in [0.717, 1.165) is 17.7 Å². The van der Waals surface area contributed by atoms with E-state index in [1.807, 2.05) is 23.8 Å². The summed E-state index contributed by atoms with van der Waals surface area (Å²) in [6.07, 6.45) is 3.53. The Hall–Kier alpha value is -2.19. The Balaban J connectivity index is 0.000000477. The van der Waals surface area contributed by atoms with Crippen LogP contribution in [0.1, 0.15) is 18.1 Å². The highest BCUT2D eigenvalue weighted by atomic mass is 32.2. The number of nitrogens with two attached hydrogens (primary N) is 1. The van der Waals surface area contributed by atoms with Gasteiger partial charge in [0, 0.05) is 36.7 Å². The van der Waals surface area contributed by atoms with Gasteiger partial charge in [0.05, 0.1) is 6.61 Å².